The van der Waals surface area contributed by atoms with Crippen LogP contribution in [-0.2, 0) is 9.53 Å². The van der Waals surface area contributed by atoms with Gasteiger partial charge in [-0.25, -0.2) is 0 Å². The Kier molecular flexibility index (Phi) is 3.72. The van der Waals surface area contributed by atoms with E-state index in [1.807, 2.05) is 0 Å². The Morgan fingerprint density at radius 1 is 1.80 bits per heavy atom. The minimum atomic E-state index is -0.869. The molecule has 0 aromatic heterocycles. The molecule has 0 fully saturated rings. The van der Waals surface area contributed by atoms with Gasteiger partial charge in [-0.1, -0.05) is 6.08 Å². The molecule has 10 heavy (non-hydrogen) atoms. The molecule has 3 nitrogen and oxygen atoms in total. The minimum absolute atomic E-state index is 0.391. The highest BCUT2D eigenvalue weighted by molar-refractivity contribution is 5.70. The Hall–Kier alpha value is -0.830. The van der Waals surface area contributed by atoms with Crippen LogP contribution in [0.5, 0.6) is 0 Å². The normalized spacial score (nSPS) is 15.8. The van der Waals surface area contributed by atoms with Crippen molar-refractivity contribution < 1.29 is 14.6 Å². The van der Waals surface area contributed by atoms with Gasteiger partial charge in [-0.2, -0.15) is 0 Å². The van der Waals surface area contributed by atoms with Gasteiger partial charge in [0.05, 0.1) is 12.0 Å². The largest absolute Gasteiger partial charge is 0.481 e. The first-order valence-electron chi connectivity index (χ1n) is 3.01. The van der Waals surface area contributed by atoms with Crippen LogP contribution in [0.15, 0.2) is 12.7 Å². The van der Waals surface area contributed by atoms with Crippen molar-refractivity contribution in [3.63, 3.8) is 0 Å². The lowest BCUT2D eigenvalue weighted by Crippen LogP contribution is -2.25. The van der Waals surface area contributed by atoms with Gasteiger partial charge < -0.3 is 9.84 Å². The van der Waals surface area contributed by atoms with Gasteiger partial charge in [0.2, 0.25) is 0 Å². The lowest BCUT2D eigenvalue weighted by atomic mass is 10.1. The summed E-state index contributed by atoms with van der Waals surface area (Å²) in [6.45, 7) is 5.03. The van der Waals surface area contributed by atoms with E-state index in [1.165, 1.54) is 13.2 Å². The fraction of sp³-hybridized carbons (Fsp3) is 0.571. The molecule has 3 heteroatoms. The van der Waals surface area contributed by atoms with E-state index in [2.05, 4.69) is 6.58 Å². The SMILES string of the molecule is C=C[C@H](OC)[C@@H](C)C(=O)O. The van der Waals surface area contributed by atoms with E-state index in [1.54, 1.807) is 6.92 Å². The highest BCUT2D eigenvalue weighted by Gasteiger charge is 2.19. The molecule has 58 valence electrons. The molecule has 0 radical (unpaired) electrons. The van der Waals surface area contributed by atoms with Gasteiger partial charge in [0.15, 0.2) is 0 Å². The highest BCUT2D eigenvalue weighted by Crippen LogP contribution is 2.06. The van der Waals surface area contributed by atoms with E-state index in [0.29, 0.717) is 0 Å². The van der Waals surface area contributed by atoms with Gasteiger partial charge in [0.25, 0.3) is 0 Å². The zero-order valence-corrected chi connectivity index (χ0v) is 6.20. The fourth-order valence-electron chi connectivity index (χ4n) is 0.645. The average molecular weight is 144 g/mol. The lowest BCUT2D eigenvalue weighted by Gasteiger charge is -2.13. The number of hydrogen-bond acceptors (Lipinski definition) is 2. The van der Waals surface area contributed by atoms with E-state index in [0.717, 1.165) is 0 Å². The van der Waals surface area contributed by atoms with Crippen LogP contribution in [-0.4, -0.2) is 24.3 Å². The van der Waals surface area contributed by atoms with Crippen LogP contribution in [0.2, 0.25) is 0 Å². The van der Waals surface area contributed by atoms with E-state index < -0.39 is 18.0 Å². The van der Waals surface area contributed by atoms with Crippen molar-refractivity contribution in [2.24, 2.45) is 5.92 Å². The van der Waals surface area contributed by atoms with E-state index in [4.69, 9.17) is 9.84 Å². The van der Waals surface area contributed by atoms with E-state index >= 15 is 0 Å². The molecule has 0 aliphatic carbocycles. The summed E-state index contributed by atoms with van der Waals surface area (Å²) < 4.78 is 4.82. The maximum atomic E-state index is 10.3. The summed E-state index contributed by atoms with van der Waals surface area (Å²) in [6.07, 6.45) is 1.09. The van der Waals surface area contributed by atoms with E-state index in [-0.39, 0.29) is 0 Å². The van der Waals surface area contributed by atoms with Gasteiger partial charge in [-0.15, -0.1) is 6.58 Å². The summed E-state index contributed by atoms with van der Waals surface area (Å²) in [5.74, 6) is -1.39. The van der Waals surface area contributed by atoms with E-state index in [9.17, 15) is 4.79 Å². The number of carboxylic acid groups (broad SMARTS) is 1. The predicted molar refractivity (Wildman–Crippen MR) is 37.8 cm³/mol. The number of carboxylic acids is 1. The lowest BCUT2D eigenvalue weighted by molar-refractivity contribution is -0.144. The quantitative estimate of drug-likeness (QED) is 0.596. The van der Waals surface area contributed by atoms with Gasteiger partial charge in [0, 0.05) is 7.11 Å². The van der Waals surface area contributed by atoms with Crippen LogP contribution in [0, 0.1) is 5.92 Å². The number of hydrogen-bond donors (Lipinski definition) is 1. The molecule has 0 bridgehead atoms. The molecule has 1 N–H and O–H groups in total. The average Bonchev–Trinajstić information content (AvgIpc) is 1.90. The molecule has 0 heterocycles. The van der Waals surface area contributed by atoms with Crippen molar-refractivity contribution in [3.8, 4) is 0 Å². The summed E-state index contributed by atoms with van der Waals surface area (Å²) in [4.78, 5) is 10.3. The summed E-state index contributed by atoms with van der Waals surface area (Å²) in [6, 6.07) is 0. The van der Waals surface area contributed by atoms with Crippen molar-refractivity contribution in [3.05, 3.63) is 12.7 Å². The van der Waals surface area contributed by atoms with Gasteiger partial charge >= 0.3 is 5.97 Å². The van der Waals surface area contributed by atoms with Crippen LogP contribution in [0.4, 0.5) is 0 Å². The Labute approximate surface area is 60.3 Å². The number of methoxy groups -OCH3 is 1. The van der Waals surface area contributed by atoms with Crippen molar-refractivity contribution in [1.29, 1.82) is 0 Å². The first-order chi connectivity index (χ1) is 4.63. The molecule has 0 aromatic carbocycles. The molecular formula is C7H12O3. The minimum Gasteiger partial charge on any atom is -0.481 e. The van der Waals surface area contributed by atoms with Crippen molar-refractivity contribution in [2.75, 3.05) is 7.11 Å². The topological polar surface area (TPSA) is 46.5 Å². The van der Waals surface area contributed by atoms with Crippen molar-refractivity contribution >= 4 is 5.97 Å². The zero-order valence-electron chi connectivity index (χ0n) is 6.20. The summed E-state index contributed by atoms with van der Waals surface area (Å²) in [7, 11) is 1.46. The molecule has 2 atom stereocenters. The first-order valence-corrected chi connectivity index (χ1v) is 3.01. The van der Waals surface area contributed by atoms with Crippen LogP contribution in [0.25, 0.3) is 0 Å². The molecule has 0 aromatic rings. The smallest absolute Gasteiger partial charge is 0.309 e. The molecule has 0 rings (SSSR count). The standard InChI is InChI=1S/C7H12O3/c1-4-6(10-3)5(2)7(8)9/h4-6H,1H2,2-3H3,(H,8,9)/t5-,6+/m1/s1. The molecule has 0 saturated heterocycles. The third kappa shape index (κ3) is 2.19. The Morgan fingerprint density at radius 3 is 2.40 bits per heavy atom. The molecule has 0 spiro atoms. The third-order valence-corrected chi connectivity index (χ3v) is 1.39. The maximum Gasteiger partial charge on any atom is 0.309 e. The number of carbonyl (C=O) groups is 1. The second kappa shape index (κ2) is 4.06. The second-order valence-electron chi connectivity index (χ2n) is 2.06. The highest BCUT2D eigenvalue weighted by atomic mass is 16.5. The molecule has 0 saturated carbocycles. The molecular weight excluding hydrogens is 132 g/mol. The van der Waals surface area contributed by atoms with Crippen LogP contribution >= 0.6 is 0 Å². The van der Waals surface area contributed by atoms with Gasteiger partial charge in [-0.3, -0.25) is 4.79 Å². The van der Waals surface area contributed by atoms with Gasteiger partial charge in [-0.05, 0) is 6.92 Å². The second-order valence-corrected chi connectivity index (χ2v) is 2.06. The number of ether oxygens (including phenoxy) is 1. The molecule has 0 unspecified atom stereocenters. The molecule has 0 aliphatic rings. The Morgan fingerprint density at radius 2 is 2.30 bits per heavy atom. The summed E-state index contributed by atoms with van der Waals surface area (Å²) in [5.41, 5.74) is 0. The van der Waals surface area contributed by atoms with Crippen LogP contribution in [0.3, 0.4) is 0 Å². The van der Waals surface area contributed by atoms with Crippen molar-refractivity contribution in [1.82, 2.24) is 0 Å². The fourth-order valence-corrected chi connectivity index (χ4v) is 0.645. The van der Waals surface area contributed by atoms with Crippen molar-refractivity contribution in [2.45, 2.75) is 13.0 Å². The number of rotatable bonds is 4. The third-order valence-electron chi connectivity index (χ3n) is 1.39. The summed E-state index contributed by atoms with van der Waals surface area (Å²) in [5, 5.41) is 8.49. The monoisotopic (exact) mass is 144 g/mol. The van der Waals surface area contributed by atoms with Crippen LogP contribution < -0.4 is 0 Å². The Balaban J connectivity index is 4.00. The first kappa shape index (κ1) is 9.17. The Bertz CT molecular complexity index is 131. The zero-order chi connectivity index (χ0) is 8.15. The van der Waals surface area contributed by atoms with Gasteiger partial charge in [0.1, 0.15) is 0 Å². The summed E-state index contributed by atoms with van der Waals surface area (Å²) >= 11 is 0. The molecule has 0 aliphatic heterocycles. The maximum absolute atomic E-state index is 10.3. The molecule has 0 amide bonds. The van der Waals surface area contributed by atoms with Crippen LogP contribution in [0.1, 0.15) is 6.92 Å². The predicted octanol–water partition coefficient (Wildman–Crippen LogP) is 0.908. The number of aliphatic carboxylic acids is 1.